The summed E-state index contributed by atoms with van der Waals surface area (Å²) in [6.45, 7) is 4.26. The summed E-state index contributed by atoms with van der Waals surface area (Å²) in [6, 6.07) is 0. The van der Waals surface area contributed by atoms with Gasteiger partial charge in [-0.2, -0.15) is 0 Å². The highest BCUT2D eigenvalue weighted by atomic mass is 31.2. The third-order valence-corrected chi connectivity index (χ3v) is 13.6. The van der Waals surface area contributed by atoms with Gasteiger partial charge in [0, 0.05) is 12.8 Å². The second-order valence-corrected chi connectivity index (χ2v) is 22.5. The molecule has 9 nitrogen and oxygen atoms in total. The minimum atomic E-state index is -4.40. The number of carbonyl (C=O) groups is 2. The van der Waals surface area contributed by atoms with Crippen molar-refractivity contribution in [3.63, 3.8) is 0 Å². The van der Waals surface area contributed by atoms with Gasteiger partial charge in [0.1, 0.15) is 19.8 Å². The van der Waals surface area contributed by atoms with Crippen LogP contribution in [-0.2, 0) is 32.7 Å². The van der Waals surface area contributed by atoms with E-state index in [0.29, 0.717) is 17.4 Å². The van der Waals surface area contributed by atoms with Crippen LogP contribution in [0.2, 0.25) is 0 Å². The number of hydrogen-bond donors (Lipinski definition) is 1. The zero-order valence-electron chi connectivity index (χ0n) is 48.3. The van der Waals surface area contributed by atoms with Gasteiger partial charge in [-0.25, -0.2) is 4.57 Å². The molecule has 0 bridgehead atoms. The van der Waals surface area contributed by atoms with E-state index in [4.69, 9.17) is 18.5 Å². The molecule has 1 N–H and O–H groups in total. The molecule has 0 heterocycles. The Morgan fingerprint density at radius 1 is 0.432 bits per heavy atom. The zero-order valence-corrected chi connectivity index (χ0v) is 49.2. The van der Waals surface area contributed by atoms with Crippen molar-refractivity contribution in [3.8, 4) is 0 Å². The molecular weight excluding hydrogens is 942 g/mol. The van der Waals surface area contributed by atoms with Gasteiger partial charge >= 0.3 is 19.8 Å². The molecule has 2 atom stereocenters. The SMILES string of the molecule is CC/C=C\C/C=C\C/C=C\C/C=C\C/C=C\C/C=C\CCCCC(=O)OC(COC(=O)CCCCCCCCCCCCCCCCCCC/C=C\C/C=C\CCCCCCC)COP(=O)(O)OCC[N+](C)(C)C. The Morgan fingerprint density at radius 2 is 0.770 bits per heavy atom. The molecule has 0 radical (unpaired) electrons. The summed E-state index contributed by atoms with van der Waals surface area (Å²) in [7, 11) is 1.44. The first kappa shape index (κ1) is 70.9. The average molecular weight is 1060 g/mol. The van der Waals surface area contributed by atoms with Crippen LogP contribution in [0.1, 0.15) is 245 Å². The fourth-order valence-corrected chi connectivity index (χ4v) is 8.73. The predicted molar refractivity (Wildman–Crippen MR) is 316 cm³/mol. The first-order chi connectivity index (χ1) is 36.0. The van der Waals surface area contributed by atoms with Gasteiger partial charge in [-0.05, 0) is 96.3 Å². The molecule has 0 aromatic rings. The van der Waals surface area contributed by atoms with Crippen molar-refractivity contribution in [1.29, 1.82) is 0 Å². The summed E-state index contributed by atoms with van der Waals surface area (Å²) in [4.78, 5) is 35.7. The number of ether oxygens (including phenoxy) is 2. The molecule has 2 unspecified atom stereocenters. The minimum absolute atomic E-state index is 0.0189. The van der Waals surface area contributed by atoms with Crippen LogP contribution in [0.5, 0.6) is 0 Å². The lowest BCUT2D eigenvalue weighted by atomic mass is 10.0. The second kappa shape index (κ2) is 54.7. The first-order valence-corrected chi connectivity index (χ1v) is 31.5. The minimum Gasteiger partial charge on any atom is -0.462 e. The zero-order chi connectivity index (χ0) is 54.2. The molecule has 0 aliphatic rings. The highest BCUT2D eigenvalue weighted by molar-refractivity contribution is 7.47. The summed E-state index contributed by atoms with van der Waals surface area (Å²) < 4.78 is 34.5. The molecule has 10 heteroatoms. The lowest BCUT2D eigenvalue weighted by Crippen LogP contribution is -2.37. The molecule has 426 valence electrons. The van der Waals surface area contributed by atoms with Crippen molar-refractivity contribution in [2.24, 2.45) is 0 Å². The van der Waals surface area contributed by atoms with Gasteiger partial charge in [0.15, 0.2) is 6.10 Å². The Labute approximate surface area is 455 Å². The van der Waals surface area contributed by atoms with Gasteiger partial charge in [0.2, 0.25) is 0 Å². The first-order valence-electron chi connectivity index (χ1n) is 30.0. The Morgan fingerprint density at radius 3 is 1.18 bits per heavy atom. The summed E-state index contributed by atoms with van der Waals surface area (Å²) in [5.74, 6) is -0.848. The number of allylic oxidation sites excluding steroid dienone is 16. The van der Waals surface area contributed by atoms with Crippen molar-refractivity contribution in [3.05, 3.63) is 97.2 Å². The number of carbonyl (C=O) groups excluding carboxylic acids is 2. The molecule has 0 aromatic heterocycles. The van der Waals surface area contributed by atoms with Crippen LogP contribution >= 0.6 is 7.82 Å². The fourth-order valence-electron chi connectivity index (χ4n) is 7.99. The molecule has 0 saturated carbocycles. The highest BCUT2D eigenvalue weighted by Gasteiger charge is 2.27. The van der Waals surface area contributed by atoms with Crippen LogP contribution in [-0.4, -0.2) is 74.9 Å². The Hall–Kier alpha value is -3.07. The molecule has 74 heavy (non-hydrogen) atoms. The molecule has 0 rings (SSSR count). The number of phosphoric ester groups is 1. The van der Waals surface area contributed by atoms with Gasteiger partial charge < -0.3 is 18.9 Å². The van der Waals surface area contributed by atoms with Gasteiger partial charge in [-0.15, -0.1) is 0 Å². The number of quaternary nitrogens is 1. The predicted octanol–water partition coefficient (Wildman–Crippen LogP) is 18.8. The van der Waals surface area contributed by atoms with E-state index < -0.39 is 26.5 Å². The maximum Gasteiger partial charge on any atom is 0.472 e. The number of phosphoric acid groups is 1. The normalized spacial score (nSPS) is 14.0. The number of rotatable bonds is 54. The molecular formula is C64H113NO8P+. The Kier molecular flexibility index (Phi) is 52.4. The number of nitrogens with zero attached hydrogens (tertiary/aromatic N) is 1. The van der Waals surface area contributed by atoms with Crippen molar-refractivity contribution in [1.82, 2.24) is 0 Å². The van der Waals surface area contributed by atoms with Crippen LogP contribution in [0.25, 0.3) is 0 Å². The maximum atomic E-state index is 12.8. The van der Waals surface area contributed by atoms with Crippen LogP contribution in [0, 0.1) is 0 Å². The largest absolute Gasteiger partial charge is 0.472 e. The van der Waals surface area contributed by atoms with E-state index in [-0.39, 0.29) is 32.0 Å². The Bertz CT molecular complexity index is 1570. The van der Waals surface area contributed by atoms with Crippen LogP contribution in [0.3, 0.4) is 0 Å². The van der Waals surface area contributed by atoms with Crippen LogP contribution < -0.4 is 0 Å². The standard InChI is InChI=1S/C64H112NO8P/c1-6-8-10-12-14-16-18-20-22-24-26-28-29-30-31-32-33-34-35-37-38-40-42-44-46-48-50-52-54-56-63(66)70-60-62(61-72-74(68,69)71-59-58-65(3,4)5)73-64(67)57-55-53-51-49-47-45-43-41-39-36-27-25-23-21-19-17-15-13-11-9-7-2/h9,11,15,17-18,20-21,23-24,26-27,36,41,43,47,49,62H,6-8,10,12-14,16,19,22,25,28-35,37-40,42,44-46,48,50-61H2,1-5H3/p+1/b11-9-,17-15-,20-18-,23-21-,26-24-,36-27-,43-41-,49-47-. The molecule has 0 spiro atoms. The third kappa shape index (κ3) is 58.2. The monoisotopic (exact) mass is 1050 g/mol. The van der Waals surface area contributed by atoms with E-state index in [0.717, 1.165) is 77.0 Å². The molecule has 0 aromatic carbocycles. The Balaban J connectivity index is 4.18. The number of hydrogen-bond acceptors (Lipinski definition) is 7. The van der Waals surface area contributed by atoms with E-state index in [9.17, 15) is 19.0 Å². The van der Waals surface area contributed by atoms with Crippen LogP contribution in [0.15, 0.2) is 97.2 Å². The number of esters is 2. The van der Waals surface area contributed by atoms with Crippen LogP contribution in [0.4, 0.5) is 0 Å². The summed E-state index contributed by atoms with van der Waals surface area (Å²) in [5, 5.41) is 0. The maximum absolute atomic E-state index is 12.8. The lowest BCUT2D eigenvalue weighted by Gasteiger charge is -2.24. The average Bonchev–Trinajstić information content (AvgIpc) is 3.36. The number of unbranched alkanes of at least 4 members (excludes halogenated alkanes) is 24. The highest BCUT2D eigenvalue weighted by Crippen LogP contribution is 2.43. The summed E-state index contributed by atoms with van der Waals surface area (Å²) >= 11 is 0. The van der Waals surface area contributed by atoms with Gasteiger partial charge in [-0.3, -0.25) is 18.6 Å². The molecule has 0 aliphatic heterocycles. The lowest BCUT2D eigenvalue weighted by molar-refractivity contribution is -0.870. The molecule has 0 saturated heterocycles. The third-order valence-electron chi connectivity index (χ3n) is 12.6. The fraction of sp³-hybridized carbons (Fsp3) is 0.719. The van der Waals surface area contributed by atoms with E-state index in [1.165, 1.54) is 135 Å². The van der Waals surface area contributed by atoms with Gasteiger partial charge in [0.05, 0.1) is 27.7 Å². The van der Waals surface area contributed by atoms with E-state index in [1.54, 1.807) is 0 Å². The number of likely N-dealkylation sites (N-methyl/N-ethyl adjacent to an activating group) is 1. The van der Waals surface area contributed by atoms with Crippen molar-refractivity contribution >= 4 is 19.8 Å². The van der Waals surface area contributed by atoms with E-state index in [1.807, 2.05) is 21.1 Å². The summed E-state index contributed by atoms with van der Waals surface area (Å²) in [5.41, 5.74) is 0. The van der Waals surface area contributed by atoms with E-state index in [2.05, 4.69) is 111 Å². The second-order valence-electron chi connectivity index (χ2n) is 21.0. The topological polar surface area (TPSA) is 108 Å². The quantitative estimate of drug-likeness (QED) is 0.0211. The van der Waals surface area contributed by atoms with Crippen molar-refractivity contribution in [2.45, 2.75) is 251 Å². The molecule has 0 fully saturated rings. The van der Waals surface area contributed by atoms with Gasteiger partial charge in [0.25, 0.3) is 0 Å². The van der Waals surface area contributed by atoms with Gasteiger partial charge in [-0.1, -0.05) is 233 Å². The molecule has 0 aliphatic carbocycles. The molecule has 0 amide bonds. The van der Waals surface area contributed by atoms with Crippen molar-refractivity contribution < 1.29 is 42.1 Å². The smallest absolute Gasteiger partial charge is 0.462 e. The van der Waals surface area contributed by atoms with E-state index >= 15 is 0 Å². The summed E-state index contributed by atoms with van der Waals surface area (Å²) in [6.07, 6.45) is 74.9. The van der Waals surface area contributed by atoms with Crippen molar-refractivity contribution in [2.75, 3.05) is 47.5 Å².